The lowest BCUT2D eigenvalue weighted by Gasteiger charge is -2.00. The number of hydrogen-bond acceptors (Lipinski definition) is 4. The summed E-state index contributed by atoms with van der Waals surface area (Å²) in [6.45, 7) is 2.84. The number of hydrogen-bond donors (Lipinski definition) is 1. The minimum atomic E-state index is -0.333. The van der Waals surface area contributed by atoms with Gasteiger partial charge < -0.3 is 10.5 Å². The lowest BCUT2D eigenvalue weighted by molar-refractivity contribution is 0.0517. The standard InChI is InChI=1S/C11H17N3O2/c1-3-16-11(15)10-9(6-14(2)13-10)8-4-7(8)5-12/h6-8H,3-5,12H2,1-2H3. The molecule has 2 atom stereocenters. The van der Waals surface area contributed by atoms with Crippen LogP contribution in [0.2, 0.25) is 0 Å². The Morgan fingerprint density at radius 1 is 1.75 bits per heavy atom. The van der Waals surface area contributed by atoms with Crippen LogP contribution in [0.3, 0.4) is 0 Å². The maximum atomic E-state index is 11.7. The summed E-state index contributed by atoms with van der Waals surface area (Å²) in [7, 11) is 1.81. The van der Waals surface area contributed by atoms with Crippen LogP contribution in [0, 0.1) is 5.92 Å². The van der Waals surface area contributed by atoms with Crippen molar-refractivity contribution < 1.29 is 9.53 Å². The highest BCUT2D eigenvalue weighted by Crippen LogP contribution is 2.47. The van der Waals surface area contributed by atoms with Crippen molar-refractivity contribution in [2.75, 3.05) is 13.2 Å². The largest absolute Gasteiger partial charge is 0.461 e. The molecule has 1 fully saturated rings. The Morgan fingerprint density at radius 2 is 2.50 bits per heavy atom. The summed E-state index contributed by atoms with van der Waals surface area (Å²) in [6.07, 6.45) is 2.95. The number of aryl methyl sites for hydroxylation is 1. The molecule has 0 radical (unpaired) electrons. The van der Waals surface area contributed by atoms with Gasteiger partial charge in [0.05, 0.1) is 6.61 Å². The van der Waals surface area contributed by atoms with Gasteiger partial charge in [-0.1, -0.05) is 0 Å². The summed E-state index contributed by atoms with van der Waals surface area (Å²) in [5, 5.41) is 4.16. The fraction of sp³-hybridized carbons (Fsp3) is 0.636. The molecule has 2 rings (SSSR count). The van der Waals surface area contributed by atoms with Crippen LogP contribution < -0.4 is 5.73 Å². The zero-order valence-electron chi connectivity index (χ0n) is 9.64. The summed E-state index contributed by atoms with van der Waals surface area (Å²) in [4.78, 5) is 11.7. The van der Waals surface area contributed by atoms with Crippen LogP contribution in [0.25, 0.3) is 0 Å². The van der Waals surface area contributed by atoms with Crippen LogP contribution in [0.15, 0.2) is 6.20 Å². The lowest BCUT2D eigenvalue weighted by atomic mass is 10.1. The van der Waals surface area contributed by atoms with E-state index in [1.54, 1.807) is 11.6 Å². The molecule has 0 bridgehead atoms. The van der Waals surface area contributed by atoms with Gasteiger partial charge in [-0.05, 0) is 31.7 Å². The molecular weight excluding hydrogens is 206 g/mol. The molecule has 2 unspecified atom stereocenters. The third-order valence-electron chi connectivity index (χ3n) is 2.95. The molecule has 1 aliphatic rings. The van der Waals surface area contributed by atoms with E-state index in [-0.39, 0.29) is 5.97 Å². The first kappa shape index (κ1) is 11.1. The number of rotatable bonds is 4. The van der Waals surface area contributed by atoms with E-state index in [2.05, 4.69) is 5.10 Å². The molecular formula is C11H17N3O2. The van der Waals surface area contributed by atoms with E-state index in [0.717, 1.165) is 12.0 Å². The number of nitrogens with two attached hydrogens (primary N) is 1. The molecule has 2 N–H and O–H groups in total. The van der Waals surface area contributed by atoms with E-state index in [9.17, 15) is 4.79 Å². The number of esters is 1. The smallest absolute Gasteiger partial charge is 0.359 e. The Hall–Kier alpha value is -1.36. The molecule has 1 saturated carbocycles. The molecule has 0 amide bonds. The van der Waals surface area contributed by atoms with Crippen molar-refractivity contribution in [2.24, 2.45) is 18.7 Å². The SMILES string of the molecule is CCOC(=O)c1nn(C)cc1C1CC1CN. The molecule has 0 aliphatic heterocycles. The van der Waals surface area contributed by atoms with Gasteiger partial charge in [0.15, 0.2) is 5.69 Å². The Labute approximate surface area is 94.6 Å². The highest BCUT2D eigenvalue weighted by Gasteiger charge is 2.40. The zero-order valence-corrected chi connectivity index (χ0v) is 9.64. The number of carbonyl (C=O) groups excluding carboxylic acids is 1. The van der Waals surface area contributed by atoms with Crippen LogP contribution in [0.5, 0.6) is 0 Å². The van der Waals surface area contributed by atoms with Gasteiger partial charge in [-0.2, -0.15) is 5.10 Å². The fourth-order valence-electron chi connectivity index (χ4n) is 2.03. The first-order chi connectivity index (χ1) is 7.67. The van der Waals surface area contributed by atoms with Gasteiger partial charge in [-0.3, -0.25) is 4.68 Å². The van der Waals surface area contributed by atoms with E-state index < -0.39 is 0 Å². The summed E-state index contributed by atoms with van der Waals surface area (Å²) < 4.78 is 6.64. The fourth-order valence-corrected chi connectivity index (χ4v) is 2.03. The van der Waals surface area contributed by atoms with Crippen molar-refractivity contribution in [3.63, 3.8) is 0 Å². The molecule has 5 nitrogen and oxygen atoms in total. The van der Waals surface area contributed by atoms with Crippen molar-refractivity contribution in [3.05, 3.63) is 17.5 Å². The van der Waals surface area contributed by atoms with Gasteiger partial charge in [0.25, 0.3) is 0 Å². The van der Waals surface area contributed by atoms with Gasteiger partial charge in [0.2, 0.25) is 0 Å². The van der Waals surface area contributed by atoms with E-state index in [4.69, 9.17) is 10.5 Å². The van der Waals surface area contributed by atoms with E-state index in [1.165, 1.54) is 0 Å². The van der Waals surface area contributed by atoms with Crippen molar-refractivity contribution in [1.82, 2.24) is 9.78 Å². The van der Waals surface area contributed by atoms with E-state index >= 15 is 0 Å². The first-order valence-electron chi connectivity index (χ1n) is 5.58. The van der Waals surface area contributed by atoms with Crippen molar-refractivity contribution >= 4 is 5.97 Å². The Kier molecular flexibility index (Phi) is 2.96. The molecule has 1 heterocycles. The molecule has 1 aliphatic carbocycles. The second kappa shape index (κ2) is 4.25. The molecule has 5 heteroatoms. The summed E-state index contributed by atoms with van der Waals surface area (Å²) in [6, 6.07) is 0. The van der Waals surface area contributed by atoms with E-state index in [0.29, 0.717) is 30.7 Å². The molecule has 1 aromatic rings. The molecule has 1 aromatic heterocycles. The van der Waals surface area contributed by atoms with Crippen molar-refractivity contribution in [3.8, 4) is 0 Å². The quantitative estimate of drug-likeness (QED) is 0.761. The van der Waals surface area contributed by atoms with Gasteiger partial charge in [0.1, 0.15) is 0 Å². The number of carbonyl (C=O) groups is 1. The Bertz CT molecular complexity index is 400. The molecule has 16 heavy (non-hydrogen) atoms. The first-order valence-corrected chi connectivity index (χ1v) is 5.58. The van der Waals surface area contributed by atoms with Crippen molar-refractivity contribution in [2.45, 2.75) is 19.3 Å². The average Bonchev–Trinajstić information content (AvgIpc) is 2.94. The topological polar surface area (TPSA) is 70.1 Å². The molecule has 88 valence electrons. The minimum Gasteiger partial charge on any atom is -0.461 e. The number of ether oxygens (including phenoxy) is 1. The van der Waals surface area contributed by atoms with Gasteiger partial charge in [0, 0.05) is 18.8 Å². The van der Waals surface area contributed by atoms with Gasteiger partial charge >= 0.3 is 5.97 Å². The highest BCUT2D eigenvalue weighted by atomic mass is 16.5. The molecule has 0 aromatic carbocycles. The normalized spacial score (nSPS) is 23.2. The Morgan fingerprint density at radius 3 is 3.06 bits per heavy atom. The molecule has 0 saturated heterocycles. The van der Waals surface area contributed by atoms with Crippen LogP contribution in [0.1, 0.15) is 35.3 Å². The number of nitrogens with zero attached hydrogens (tertiary/aromatic N) is 2. The summed E-state index contributed by atoms with van der Waals surface area (Å²) >= 11 is 0. The van der Waals surface area contributed by atoms with Crippen LogP contribution in [-0.2, 0) is 11.8 Å². The van der Waals surface area contributed by atoms with Crippen LogP contribution >= 0.6 is 0 Å². The predicted molar refractivity (Wildman–Crippen MR) is 59.1 cm³/mol. The average molecular weight is 223 g/mol. The summed E-state index contributed by atoms with van der Waals surface area (Å²) in [5.41, 5.74) is 7.04. The Balaban J connectivity index is 2.21. The number of aromatic nitrogens is 2. The highest BCUT2D eigenvalue weighted by molar-refractivity contribution is 5.89. The lowest BCUT2D eigenvalue weighted by Crippen LogP contribution is -2.09. The zero-order chi connectivity index (χ0) is 11.7. The second-order valence-electron chi connectivity index (χ2n) is 4.17. The van der Waals surface area contributed by atoms with Crippen LogP contribution in [0.4, 0.5) is 0 Å². The van der Waals surface area contributed by atoms with E-state index in [1.807, 2.05) is 13.2 Å². The maximum Gasteiger partial charge on any atom is 0.359 e. The van der Waals surface area contributed by atoms with Crippen molar-refractivity contribution in [1.29, 1.82) is 0 Å². The summed E-state index contributed by atoms with van der Waals surface area (Å²) in [5.74, 6) is 0.552. The molecule has 0 spiro atoms. The van der Waals surface area contributed by atoms with Crippen LogP contribution in [-0.4, -0.2) is 28.9 Å². The third-order valence-corrected chi connectivity index (χ3v) is 2.95. The minimum absolute atomic E-state index is 0.333. The third kappa shape index (κ3) is 1.95. The second-order valence-corrected chi connectivity index (χ2v) is 4.17. The maximum absolute atomic E-state index is 11.7. The monoisotopic (exact) mass is 223 g/mol. The van der Waals surface area contributed by atoms with Gasteiger partial charge in [-0.25, -0.2) is 4.79 Å². The predicted octanol–water partition coefficient (Wildman–Crippen LogP) is 0.659. The van der Waals surface area contributed by atoms with Gasteiger partial charge in [-0.15, -0.1) is 0 Å².